The molecule has 0 aliphatic carbocycles. The quantitative estimate of drug-likeness (QED) is 0.557. The molecule has 6 heteroatoms. The number of carboxylic acids is 1. The molecule has 0 aliphatic heterocycles. The van der Waals surface area contributed by atoms with Crippen LogP contribution in [-0.2, 0) is 6.61 Å². The van der Waals surface area contributed by atoms with Gasteiger partial charge in [0.15, 0.2) is 0 Å². The van der Waals surface area contributed by atoms with Crippen molar-refractivity contribution in [3.8, 4) is 17.2 Å². The highest BCUT2D eigenvalue weighted by Crippen LogP contribution is 2.32. The van der Waals surface area contributed by atoms with Gasteiger partial charge in [0.2, 0.25) is 0 Å². The van der Waals surface area contributed by atoms with E-state index in [-0.39, 0.29) is 5.56 Å². The molecule has 0 unspecified atom stereocenters. The molecule has 0 aliphatic rings. The largest absolute Gasteiger partial charge is 0.489 e. The van der Waals surface area contributed by atoms with Gasteiger partial charge in [-0.05, 0) is 60.2 Å². The van der Waals surface area contributed by atoms with E-state index in [4.69, 9.17) is 37.8 Å². The summed E-state index contributed by atoms with van der Waals surface area (Å²) in [5, 5.41) is 9.87. The standard InChI is InChI=1S/C20H14Cl2O4/c21-15-5-10-19(18(22)11-15)26-17-8-6-16(7-9-17)25-12-13-1-3-14(4-2-13)20(23)24/h1-11H,12H2,(H,23,24). The van der Waals surface area contributed by atoms with Crippen molar-refractivity contribution in [1.29, 1.82) is 0 Å². The molecule has 0 aromatic heterocycles. The maximum absolute atomic E-state index is 10.8. The number of benzene rings is 3. The van der Waals surface area contributed by atoms with Gasteiger partial charge in [0.05, 0.1) is 10.6 Å². The molecule has 1 N–H and O–H groups in total. The summed E-state index contributed by atoms with van der Waals surface area (Å²) in [5.74, 6) is 0.853. The van der Waals surface area contributed by atoms with Crippen LogP contribution in [0.2, 0.25) is 10.0 Å². The van der Waals surface area contributed by atoms with Gasteiger partial charge in [0.25, 0.3) is 0 Å². The normalized spacial score (nSPS) is 10.4. The third-order valence-electron chi connectivity index (χ3n) is 3.55. The van der Waals surface area contributed by atoms with Crippen molar-refractivity contribution in [3.63, 3.8) is 0 Å². The summed E-state index contributed by atoms with van der Waals surface area (Å²) < 4.78 is 11.4. The molecule has 3 rings (SSSR count). The van der Waals surface area contributed by atoms with Crippen LogP contribution < -0.4 is 9.47 Å². The minimum atomic E-state index is -0.950. The van der Waals surface area contributed by atoms with Gasteiger partial charge in [-0.3, -0.25) is 0 Å². The van der Waals surface area contributed by atoms with Crippen molar-refractivity contribution in [1.82, 2.24) is 0 Å². The fraction of sp³-hybridized carbons (Fsp3) is 0.0500. The lowest BCUT2D eigenvalue weighted by Crippen LogP contribution is -1.98. The van der Waals surface area contributed by atoms with E-state index in [0.29, 0.717) is 33.9 Å². The number of carboxylic acid groups (broad SMARTS) is 1. The van der Waals surface area contributed by atoms with Crippen molar-refractivity contribution in [2.45, 2.75) is 6.61 Å². The summed E-state index contributed by atoms with van der Waals surface area (Å²) >= 11 is 12.0. The van der Waals surface area contributed by atoms with Crippen LogP contribution in [0.5, 0.6) is 17.2 Å². The number of ether oxygens (including phenoxy) is 2. The Morgan fingerprint density at radius 1 is 0.885 bits per heavy atom. The maximum atomic E-state index is 10.8. The smallest absolute Gasteiger partial charge is 0.335 e. The van der Waals surface area contributed by atoms with E-state index in [1.54, 1.807) is 66.7 Å². The number of rotatable bonds is 6. The molecule has 3 aromatic carbocycles. The van der Waals surface area contributed by atoms with Crippen LogP contribution in [0, 0.1) is 0 Å². The number of hydrogen-bond acceptors (Lipinski definition) is 3. The molecule has 4 nitrogen and oxygen atoms in total. The number of hydrogen-bond donors (Lipinski definition) is 1. The molecule has 3 aromatic rings. The van der Waals surface area contributed by atoms with Crippen LogP contribution in [0.4, 0.5) is 0 Å². The highest BCUT2D eigenvalue weighted by Gasteiger charge is 2.05. The third kappa shape index (κ3) is 4.69. The Kier molecular flexibility index (Phi) is 5.66. The van der Waals surface area contributed by atoms with Crippen molar-refractivity contribution in [2.75, 3.05) is 0 Å². The van der Waals surface area contributed by atoms with Crippen LogP contribution in [-0.4, -0.2) is 11.1 Å². The molecule has 0 radical (unpaired) electrons. The zero-order valence-corrected chi connectivity index (χ0v) is 15.0. The van der Waals surface area contributed by atoms with Gasteiger partial charge in [-0.15, -0.1) is 0 Å². The van der Waals surface area contributed by atoms with E-state index in [0.717, 1.165) is 5.56 Å². The minimum absolute atomic E-state index is 0.246. The summed E-state index contributed by atoms with van der Waals surface area (Å²) in [6.07, 6.45) is 0. The van der Waals surface area contributed by atoms with Crippen molar-refractivity contribution in [3.05, 3.63) is 87.9 Å². The van der Waals surface area contributed by atoms with Gasteiger partial charge < -0.3 is 14.6 Å². The Morgan fingerprint density at radius 2 is 1.54 bits per heavy atom. The van der Waals surface area contributed by atoms with E-state index in [9.17, 15) is 4.79 Å². The maximum Gasteiger partial charge on any atom is 0.335 e. The first-order chi connectivity index (χ1) is 12.5. The lowest BCUT2D eigenvalue weighted by molar-refractivity contribution is 0.0697. The first-order valence-electron chi connectivity index (χ1n) is 7.69. The molecule has 0 bridgehead atoms. The van der Waals surface area contributed by atoms with Crippen molar-refractivity contribution >= 4 is 29.2 Å². The zero-order chi connectivity index (χ0) is 18.5. The lowest BCUT2D eigenvalue weighted by atomic mass is 10.1. The predicted molar refractivity (Wildman–Crippen MR) is 101 cm³/mol. The molecule has 132 valence electrons. The van der Waals surface area contributed by atoms with Crippen molar-refractivity contribution in [2.24, 2.45) is 0 Å². The van der Waals surface area contributed by atoms with E-state index in [2.05, 4.69) is 0 Å². The van der Waals surface area contributed by atoms with Gasteiger partial charge in [0.1, 0.15) is 23.9 Å². The van der Waals surface area contributed by atoms with Gasteiger partial charge in [-0.2, -0.15) is 0 Å². The van der Waals surface area contributed by atoms with Gasteiger partial charge >= 0.3 is 5.97 Å². The molecule has 0 saturated carbocycles. The second-order valence-electron chi connectivity index (χ2n) is 5.44. The zero-order valence-electron chi connectivity index (χ0n) is 13.5. The van der Waals surface area contributed by atoms with Crippen LogP contribution in [0.3, 0.4) is 0 Å². The molecule has 0 atom stereocenters. The summed E-state index contributed by atoms with van der Waals surface area (Å²) in [6.45, 7) is 0.336. The van der Waals surface area contributed by atoms with E-state index < -0.39 is 5.97 Å². The first-order valence-corrected chi connectivity index (χ1v) is 8.45. The van der Waals surface area contributed by atoms with Gasteiger partial charge in [-0.1, -0.05) is 35.3 Å². The van der Waals surface area contributed by atoms with Crippen molar-refractivity contribution < 1.29 is 19.4 Å². The summed E-state index contributed by atoms with van der Waals surface area (Å²) in [7, 11) is 0. The van der Waals surface area contributed by atoms with Crippen LogP contribution in [0.1, 0.15) is 15.9 Å². The Balaban J connectivity index is 1.59. The Bertz CT molecular complexity index is 906. The molecule has 0 heterocycles. The van der Waals surface area contributed by atoms with Crippen LogP contribution in [0.25, 0.3) is 0 Å². The van der Waals surface area contributed by atoms with E-state index in [1.807, 2.05) is 0 Å². The predicted octanol–water partition coefficient (Wildman–Crippen LogP) is 6.06. The number of halogens is 2. The number of aromatic carboxylic acids is 1. The first kappa shape index (κ1) is 18.1. The monoisotopic (exact) mass is 388 g/mol. The highest BCUT2D eigenvalue weighted by molar-refractivity contribution is 6.35. The fourth-order valence-electron chi connectivity index (χ4n) is 2.20. The fourth-order valence-corrected chi connectivity index (χ4v) is 2.65. The summed E-state index contributed by atoms with van der Waals surface area (Å²) in [4.78, 5) is 10.8. The average molecular weight is 389 g/mol. The molecule has 0 saturated heterocycles. The number of carbonyl (C=O) groups is 1. The van der Waals surface area contributed by atoms with E-state index >= 15 is 0 Å². The average Bonchev–Trinajstić information content (AvgIpc) is 2.64. The molecule has 0 amide bonds. The molecular weight excluding hydrogens is 375 g/mol. The van der Waals surface area contributed by atoms with E-state index in [1.165, 1.54) is 0 Å². The second kappa shape index (κ2) is 8.13. The summed E-state index contributed by atoms with van der Waals surface area (Å²) in [5.41, 5.74) is 1.12. The minimum Gasteiger partial charge on any atom is -0.489 e. The molecule has 26 heavy (non-hydrogen) atoms. The molecular formula is C20H14Cl2O4. The second-order valence-corrected chi connectivity index (χ2v) is 6.28. The summed E-state index contributed by atoms with van der Waals surface area (Å²) in [6, 6.07) is 18.7. The van der Waals surface area contributed by atoms with Gasteiger partial charge in [-0.25, -0.2) is 4.79 Å². The Morgan fingerprint density at radius 3 is 2.15 bits per heavy atom. The Labute approximate surface area is 160 Å². The lowest BCUT2D eigenvalue weighted by Gasteiger charge is -2.10. The highest BCUT2D eigenvalue weighted by atomic mass is 35.5. The molecule has 0 fully saturated rings. The van der Waals surface area contributed by atoms with Crippen LogP contribution in [0.15, 0.2) is 66.7 Å². The topological polar surface area (TPSA) is 55.8 Å². The van der Waals surface area contributed by atoms with Gasteiger partial charge in [0, 0.05) is 5.02 Å². The SMILES string of the molecule is O=C(O)c1ccc(COc2ccc(Oc3ccc(Cl)cc3Cl)cc2)cc1. The molecule has 0 spiro atoms. The van der Waals surface area contributed by atoms with Crippen LogP contribution >= 0.6 is 23.2 Å². The third-order valence-corrected chi connectivity index (χ3v) is 4.08. The Hall–Kier alpha value is -2.69.